The minimum atomic E-state index is -0.757. The maximum atomic E-state index is 12.5. The monoisotopic (exact) mass is 360 g/mol. The van der Waals surface area contributed by atoms with Crippen LogP contribution in [-0.4, -0.2) is 46.7 Å². The van der Waals surface area contributed by atoms with Crippen LogP contribution in [0.4, 0.5) is 0 Å². The lowest BCUT2D eigenvalue weighted by atomic mass is 9.89. The molecular formula is C20H28N2O4. The molecule has 1 fully saturated rings. The number of hydrogen-bond acceptors (Lipinski definition) is 5. The normalized spacial score (nSPS) is 17.7. The Hall–Kier alpha value is -2.24. The average molecular weight is 360 g/mol. The van der Waals surface area contributed by atoms with Gasteiger partial charge in [0, 0.05) is 24.4 Å². The molecule has 1 atom stereocenters. The van der Waals surface area contributed by atoms with Crippen molar-refractivity contribution in [2.45, 2.75) is 58.9 Å². The zero-order valence-electron chi connectivity index (χ0n) is 15.9. The summed E-state index contributed by atoms with van der Waals surface area (Å²) in [5.41, 5.74) is 0.334. The second-order valence-corrected chi connectivity index (χ2v) is 7.72. The van der Waals surface area contributed by atoms with Crippen molar-refractivity contribution in [2.24, 2.45) is 5.41 Å². The third-order valence-corrected chi connectivity index (χ3v) is 4.49. The standard InChI is InChI=1S/C20H28N2O4/c1-20(2,3)17(23)18(24)22-12-5-4-10-16(22)19(25)26-13-7-9-15-8-6-11-21-14-15/h6,8,11,14,16H,4-5,7,9-10,12-13H2,1-3H3. The molecule has 1 unspecified atom stereocenters. The molecule has 0 bridgehead atoms. The largest absolute Gasteiger partial charge is 0.464 e. The van der Waals surface area contributed by atoms with E-state index in [0.29, 0.717) is 26.0 Å². The smallest absolute Gasteiger partial charge is 0.328 e. The highest BCUT2D eigenvalue weighted by molar-refractivity contribution is 6.38. The zero-order valence-corrected chi connectivity index (χ0v) is 15.9. The summed E-state index contributed by atoms with van der Waals surface area (Å²) in [6.07, 6.45) is 7.18. The quantitative estimate of drug-likeness (QED) is 0.443. The number of piperidine rings is 1. The van der Waals surface area contributed by atoms with Gasteiger partial charge < -0.3 is 9.64 Å². The molecule has 0 spiro atoms. The van der Waals surface area contributed by atoms with Crippen LogP contribution in [0.15, 0.2) is 24.5 Å². The van der Waals surface area contributed by atoms with Crippen molar-refractivity contribution in [2.75, 3.05) is 13.2 Å². The topological polar surface area (TPSA) is 76.6 Å². The number of esters is 1. The molecular weight excluding hydrogens is 332 g/mol. The lowest BCUT2D eigenvalue weighted by molar-refractivity contribution is -0.160. The first-order valence-corrected chi connectivity index (χ1v) is 9.21. The van der Waals surface area contributed by atoms with Crippen molar-refractivity contribution in [3.05, 3.63) is 30.1 Å². The van der Waals surface area contributed by atoms with Crippen LogP contribution >= 0.6 is 0 Å². The number of rotatable bonds is 6. The van der Waals surface area contributed by atoms with Gasteiger partial charge in [-0.05, 0) is 43.7 Å². The first-order valence-electron chi connectivity index (χ1n) is 9.21. The number of aryl methyl sites for hydroxylation is 1. The molecule has 0 radical (unpaired) electrons. The molecule has 1 aromatic rings. The first kappa shape index (κ1) is 20.1. The number of amides is 1. The Balaban J connectivity index is 1.88. The van der Waals surface area contributed by atoms with E-state index in [1.165, 1.54) is 4.90 Å². The Morgan fingerprint density at radius 2 is 2.04 bits per heavy atom. The van der Waals surface area contributed by atoms with Gasteiger partial charge in [0.1, 0.15) is 6.04 Å². The number of aromatic nitrogens is 1. The molecule has 6 heteroatoms. The number of Topliss-reactive ketones (excluding diaryl/α,β-unsaturated/α-hetero) is 1. The number of ketones is 1. The maximum absolute atomic E-state index is 12.5. The molecule has 1 aromatic heterocycles. The van der Waals surface area contributed by atoms with Gasteiger partial charge in [0.25, 0.3) is 5.91 Å². The molecule has 1 amide bonds. The summed E-state index contributed by atoms with van der Waals surface area (Å²) in [7, 11) is 0. The lowest BCUT2D eigenvalue weighted by Crippen LogP contribution is -2.52. The van der Waals surface area contributed by atoms with Crippen LogP contribution in [0.2, 0.25) is 0 Å². The van der Waals surface area contributed by atoms with Crippen LogP contribution in [0.5, 0.6) is 0 Å². The summed E-state index contributed by atoms with van der Waals surface area (Å²) in [5.74, 6) is -1.45. The predicted octanol–water partition coefficient (Wildman–Crippen LogP) is 2.55. The summed E-state index contributed by atoms with van der Waals surface area (Å²) < 4.78 is 5.38. The van der Waals surface area contributed by atoms with Crippen molar-refractivity contribution in [1.82, 2.24) is 9.88 Å². The molecule has 26 heavy (non-hydrogen) atoms. The van der Waals surface area contributed by atoms with Crippen LogP contribution in [0.1, 0.15) is 52.0 Å². The maximum Gasteiger partial charge on any atom is 0.328 e. The van der Waals surface area contributed by atoms with Crippen LogP contribution in [-0.2, 0) is 25.5 Å². The minimum Gasteiger partial charge on any atom is -0.464 e. The van der Waals surface area contributed by atoms with Gasteiger partial charge in [-0.15, -0.1) is 0 Å². The summed E-state index contributed by atoms with van der Waals surface area (Å²) in [5, 5.41) is 0. The van der Waals surface area contributed by atoms with Gasteiger partial charge in [-0.3, -0.25) is 14.6 Å². The summed E-state index contributed by atoms with van der Waals surface area (Å²) in [6, 6.07) is 3.20. The Morgan fingerprint density at radius 1 is 1.27 bits per heavy atom. The Kier molecular flexibility index (Phi) is 6.89. The van der Waals surface area contributed by atoms with E-state index in [0.717, 1.165) is 24.8 Å². The van der Waals surface area contributed by atoms with Gasteiger partial charge in [0.2, 0.25) is 5.78 Å². The molecule has 0 aliphatic carbocycles. The van der Waals surface area contributed by atoms with Crippen molar-refractivity contribution < 1.29 is 19.1 Å². The molecule has 1 saturated heterocycles. The van der Waals surface area contributed by atoms with Crippen LogP contribution in [0.3, 0.4) is 0 Å². The van der Waals surface area contributed by atoms with Crippen molar-refractivity contribution in [3.63, 3.8) is 0 Å². The van der Waals surface area contributed by atoms with E-state index in [1.807, 2.05) is 12.1 Å². The fraction of sp³-hybridized carbons (Fsp3) is 0.600. The molecule has 2 rings (SSSR count). The van der Waals surface area contributed by atoms with Gasteiger partial charge in [-0.2, -0.15) is 0 Å². The molecule has 0 saturated carbocycles. The van der Waals surface area contributed by atoms with E-state index < -0.39 is 29.1 Å². The Morgan fingerprint density at radius 3 is 2.69 bits per heavy atom. The van der Waals surface area contributed by atoms with Crippen LogP contribution in [0.25, 0.3) is 0 Å². The number of nitrogens with zero attached hydrogens (tertiary/aromatic N) is 2. The van der Waals surface area contributed by atoms with E-state index in [-0.39, 0.29) is 0 Å². The fourth-order valence-corrected chi connectivity index (χ4v) is 2.96. The zero-order chi connectivity index (χ0) is 19.2. The third-order valence-electron chi connectivity index (χ3n) is 4.49. The minimum absolute atomic E-state index is 0.291. The van der Waals surface area contributed by atoms with Crippen molar-refractivity contribution in [3.8, 4) is 0 Å². The van der Waals surface area contributed by atoms with E-state index in [2.05, 4.69) is 4.98 Å². The van der Waals surface area contributed by atoms with E-state index in [1.54, 1.807) is 33.2 Å². The highest BCUT2D eigenvalue weighted by Gasteiger charge is 2.39. The summed E-state index contributed by atoms with van der Waals surface area (Å²) in [6.45, 7) is 5.85. The lowest BCUT2D eigenvalue weighted by Gasteiger charge is -2.34. The van der Waals surface area contributed by atoms with Crippen molar-refractivity contribution in [1.29, 1.82) is 0 Å². The summed E-state index contributed by atoms with van der Waals surface area (Å²) >= 11 is 0. The van der Waals surface area contributed by atoms with Gasteiger partial charge >= 0.3 is 5.97 Å². The number of pyridine rings is 1. The second-order valence-electron chi connectivity index (χ2n) is 7.72. The highest BCUT2D eigenvalue weighted by Crippen LogP contribution is 2.23. The molecule has 0 aromatic carbocycles. The SMILES string of the molecule is CC(C)(C)C(=O)C(=O)N1CCCCC1C(=O)OCCCc1cccnc1. The second kappa shape index (κ2) is 8.92. The van der Waals surface area contributed by atoms with Gasteiger partial charge in [-0.25, -0.2) is 4.79 Å². The van der Waals surface area contributed by atoms with Gasteiger partial charge in [-0.1, -0.05) is 26.8 Å². The third kappa shape index (κ3) is 5.38. The molecule has 1 aliphatic rings. The van der Waals surface area contributed by atoms with E-state index >= 15 is 0 Å². The number of ether oxygens (including phenoxy) is 1. The molecule has 0 N–H and O–H groups in total. The Bertz CT molecular complexity index is 637. The number of carbonyl (C=O) groups excluding carboxylic acids is 3. The van der Waals surface area contributed by atoms with Gasteiger partial charge in [0.15, 0.2) is 0 Å². The van der Waals surface area contributed by atoms with Crippen molar-refractivity contribution >= 4 is 17.7 Å². The molecule has 2 heterocycles. The fourth-order valence-electron chi connectivity index (χ4n) is 2.96. The predicted molar refractivity (Wildman–Crippen MR) is 97.3 cm³/mol. The van der Waals surface area contributed by atoms with Crippen LogP contribution < -0.4 is 0 Å². The molecule has 142 valence electrons. The first-order chi connectivity index (χ1) is 12.3. The van der Waals surface area contributed by atoms with E-state index in [4.69, 9.17) is 4.74 Å². The Labute approximate surface area is 154 Å². The van der Waals surface area contributed by atoms with Gasteiger partial charge in [0.05, 0.1) is 6.61 Å². The number of carbonyl (C=O) groups is 3. The molecule has 6 nitrogen and oxygen atoms in total. The average Bonchev–Trinajstić information content (AvgIpc) is 2.64. The van der Waals surface area contributed by atoms with E-state index in [9.17, 15) is 14.4 Å². The number of hydrogen-bond donors (Lipinski definition) is 0. The highest BCUT2D eigenvalue weighted by atomic mass is 16.5. The number of likely N-dealkylation sites (tertiary alicyclic amines) is 1. The summed E-state index contributed by atoms with van der Waals surface area (Å²) in [4.78, 5) is 42.8. The van der Waals surface area contributed by atoms with Crippen LogP contribution in [0, 0.1) is 5.41 Å². The molecule has 1 aliphatic heterocycles.